The Morgan fingerprint density at radius 1 is 1.17 bits per heavy atom. The molecular formula is C17H22N4O2. The molecule has 0 bridgehead atoms. The van der Waals surface area contributed by atoms with Gasteiger partial charge in [-0.3, -0.25) is 14.8 Å². The summed E-state index contributed by atoms with van der Waals surface area (Å²) in [5.74, 6) is 0.750. The van der Waals surface area contributed by atoms with Crippen molar-refractivity contribution in [3.8, 4) is 0 Å². The molecule has 0 aliphatic heterocycles. The zero-order valence-electron chi connectivity index (χ0n) is 13.5. The number of allylic oxidation sites excluding steroid dienone is 4. The first-order valence-corrected chi connectivity index (χ1v) is 8.18. The van der Waals surface area contributed by atoms with Gasteiger partial charge in [-0.25, -0.2) is 9.78 Å². The highest BCUT2D eigenvalue weighted by Gasteiger charge is 2.34. The van der Waals surface area contributed by atoms with Crippen LogP contribution in [0, 0.1) is 0 Å². The highest BCUT2D eigenvalue weighted by Crippen LogP contribution is 2.39. The summed E-state index contributed by atoms with van der Waals surface area (Å²) >= 11 is 0. The Balaban J connectivity index is 2.11. The Morgan fingerprint density at radius 3 is 2.74 bits per heavy atom. The topological polar surface area (TPSA) is 94.4 Å². The number of aromatic amines is 3. The summed E-state index contributed by atoms with van der Waals surface area (Å²) in [5.41, 5.74) is 0.843. The van der Waals surface area contributed by atoms with Gasteiger partial charge in [-0.05, 0) is 19.3 Å². The van der Waals surface area contributed by atoms with Gasteiger partial charge in [0.15, 0.2) is 5.65 Å². The third-order valence-electron chi connectivity index (χ3n) is 4.42. The predicted molar refractivity (Wildman–Crippen MR) is 90.7 cm³/mol. The first kappa shape index (κ1) is 15.5. The third kappa shape index (κ3) is 2.81. The normalized spacial score (nSPS) is 20.9. The van der Waals surface area contributed by atoms with E-state index < -0.39 is 11.2 Å². The second-order valence-electron chi connectivity index (χ2n) is 6.23. The molecule has 23 heavy (non-hydrogen) atoms. The zero-order chi connectivity index (χ0) is 16.4. The van der Waals surface area contributed by atoms with Gasteiger partial charge in [-0.15, -0.1) is 0 Å². The molecule has 122 valence electrons. The van der Waals surface area contributed by atoms with Crippen LogP contribution in [0.4, 0.5) is 0 Å². The number of H-pyrrole nitrogens is 3. The minimum Gasteiger partial charge on any atom is -0.335 e. The molecule has 6 nitrogen and oxygen atoms in total. The number of nitrogens with one attached hydrogen (secondary N) is 3. The van der Waals surface area contributed by atoms with E-state index in [1.807, 2.05) is 0 Å². The van der Waals surface area contributed by atoms with E-state index in [0.29, 0.717) is 11.2 Å². The Hall–Kier alpha value is -2.37. The Kier molecular flexibility index (Phi) is 4.07. The van der Waals surface area contributed by atoms with Crippen LogP contribution in [0.2, 0.25) is 0 Å². The van der Waals surface area contributed by atoms with E-state index in [1.165, 1.54) is 5.57 Å². The van der Waals surface area contributed by atoms with Crippen molar-refractivity contribution in [2.24, 2.45) is 0 Å². The lowest BCUT2D eigenvalue weighted by Gasteiger charge is -2.32. The van der Waals surface area contributed by atoms with Crippen LogP contribution in [0.15, 0.2) is 33.4 Å². The molecule has 0 amide bonds. The first-order valence-electron chi connectivity index (χ1n) is 8.18. The summed E-state index contributed by atoms with van der Waals surface area (Å²) in [6, 6.07) is 0. The molecule has 2 heterocycles. The van der Waals surface area contributed by atoms with Gasteiger partial charge in [0.05, 0.1) is 5.41 Å². The molecule has 3 rings (SSSR count). The molecule has 0 aromatic carbocycles. The lowest BCUT2D eigenvalue weighted by atomic mass is 9.73. The molecule has 0 saturated carbocycles. The van der Waals surface area contributed by atoms with Gasteiger partial charge in [-0.2, -0.15) is 0 Å². The summed E-state index contributed by atoms with van der Waals surface area (Å²) < 4.78 is 0. The van der Waals surface area contributed by atoms with Crippen molar-refractivity contribution in [3.05, 3.63) is 50.5 Å². The van der Waals surface area contributed by atoms with Crippen LogP contribution in [0.25, 0.3) is 11.2 Å². The number of rotatable bonds is 5. The predicted octanol–water partition coefficient (Wildman–Crippen LogP) is 2.66. The number of hydrogen-bond donors (Lipinski definition) is 3. The minimum atomic E-state index is -0.532. The molecule has 1 aliphatic carbocycles. The lowest BCUT2D eigenvalue weighted by Crippen LogP contribution is -2.27. The second kappa shape index (κ2) is 6.02. The maximum absolute atomic E-state index is 11.9. The van der Waals surface area contributed by atoms with Crippen molar-refractivity contribution in [1.29, 1.82) is 0 Å². The molecule has 0 radical (unpaired) electrons. The van der Waals surface area contributed by atoms with Crippen LogP contribution in [0.3, 0.4) is 0 Å². The van der Waals surface area contributed by atoms with Gasteiger partial charge in [0, 0.05) is 0 Å². The van der Waals surface area contributed by atoms with Crippen molar-refractivity contribution in [3.63, 3.8) is 0 Å². The molecule has 0 fully saturated rings. The minimum absolute atomic E-state index is 0.240. The van der Waals surface area contributed by atoms with E-state index in [2.05, 4.69) is 52.0 Å². The summed E-state index contributed by atoms with van der Waals surface area (Å²) in [6.45, 7) is 4.32. The Morgan fingerprint density at radius 2 is 2.00 bits per heavy atom. The molecule has 2 aromatic heterocycles. The Labute approximate surface area is 133 Å². The number of imidazole rings is 1. The van der Waals surface area contributed by atoms with Crippen LogP contribution in [-0.4, -0.2) is 19.9 Å². The number of hydrogen-bond acceptors (Lipinski definition) is 3. The highest BCUT2D eigenvalue weighted by atomic mass is 16.2. The van der Waals surface area contributed by atoms with E-state index in [0.717, 1.165) is 37.9 Å². The van der Waals surface area contributed by atoms with Gasteiger partial charge < -0.3 is 4.98 Å². The van der Waals surface area contributed by atoms with E-state index in [-0.39, 0.29) is 5.41 Å². The van der Waals surface area contributed by atoms with Crippen LogP contribution in [0.1, 0.15) is 51.8 Å². The van der Waals surface area contributed by atoms with E-state index in [9.17, 15) is 9.59 Å². The molecular weight excluding hydrogens is 292 g/mol. The van der Waals surface area contributed by atoms with Gasteiger partial charge in [-0.1, -0.05) is 50.5 Å². The van der Waals surface area contributed by atoms with Gasteiger partial charge in [0.2, 0.25) is 0 Å². The monoisotopic (exact) mass is 314 g/mol. The fourth-order valence-corrected chi connectivity index (χ4v) is 3.45. The van der Waals surface area contributed by atoms with E-state index in [4.69, 9.17) is 0 Å². The van der Waals surface area contributed by atoms with Gasteiger partial charge >= 0.3 is 5.69 Å². The summed E-state index contributed by atoms with van der Waals surface area (Å²) in [5, 5.41) is 0. The van der Waals surface area contributed by atoms with Crippen molar-refractivity contribution < 1.29 is 0 Å². The smallest absolute Gasteiger partial charge is 0.327 e. The standard InChI is InChI=1S/C17H22N4O2/c1-3-6-11-7-5-9-17(10-11,8-4-2)15-18-12-13(19-15)20-16(23)21-14(12)22/h5,7,9H,3-4,6,8,10H2,1-2H3,(H3,18,19,20,21,22,23). The maximum atomic E-state index is 11.9. The lowest BCUT2D eigenvalue weighted by molar-refractivity contribution is 0.445. The van der Waals surface area contributed by atoms with Crippen molar-refractivity contribution in [2.75, 3.05) is 0 Å². The fourth-order valence-electron chi connectivity index (χ4n) is 3.45. The third-order valence-corrected chi connectivity index (χ3v) is 4.42. The van der Waals surface area contributed by atoms with Crippen LogP contribution in [-0.2, 0) is 5.41 Å². The van der Waals surface area contributed by atoms with Crippen LogP contribution >= 0.6 is 0 Å². The van der Waals surface area contributed by atoms with Crippen molar-refractivity contribution in [2.45, 2.75) is 51.4 Å². The summed E-state index contributed by atoms with van der Waals surface area (Å²) in [7, 11) is 0. The number of aromatic nitrogens is 4. The summed E-state index contributed by atoms with van der Waals surface area (Å²) in [4.78, 5) is 35.9. The van der Waals surface area contributed by atoms with Crippen molar-refractivity contribution >= 4 is 11.2 Å². The molecule has 3 N–H and O–H groups in total. The largest absolute Gasteiger partial charge is 0.335 e. The maximum Gasteiger partial charge on any atom is 0.327 e. The molecule has 1 aliphatic rings. The van der Waals surface area contributed by atoms with Crippen molar-refractivity contribution in [1.82, 2.24) is 19.9 Å². The average Bonchev–Trinajstić information content (AvgIpc) is 2.93. The quantitative estimate of drug-likeness (QED) is 0.792. The molecule has 6 heteroatoms. The van der Waals surface area contributed by atoms with E-state index >= 15 is 0 Å². The molecule has 1 atom stereocenters. The summed E-state index contributed by atoms with van der Waals surface area (Å²) in [6.07, 6.45) is 11.4. The van der Waals surface area contributed by atoms with Crippen LogP contribution in [0.5, 0.6) is 0 Å². The number of nitrogens with zero attached hydrogens (tertiary/aromatic N) is 1. The Bertz CT molecular complexity index is 884. The van der Waals surface area contributed by atoms with Gasteiger partial charge in [0.1, 0.15) is 11.3 Å². The average molecular weight is 314 g/mol. The fraction of sp³-hybridized carbons (Fsp3) is 0.471. The molecule has 0 saturated heterocycles. The molecule has 2 aromatic rings. The van der Waals surface area contributed by atoms with Gasteiger partial charge in [0.25, 0.3) is 5.56 Å². The van der Waals surface area contributed by atoms with E-state index in [1.54, 1.807) is 0 Å². The molecule has 0 spiro atoms. The second-order valence-corrected chi connectivity index (χ2v) is 6.23. The van der Waals surface area contributed by atoms with Crippen LogP contribution < -0.4 is 11.2 Å². The zero-order valence-corrected chi connectivity index (χ0v) is 13.5. The highest BCUT2D eigenvalue weighted by molar-refractivity contribution is 5.69. The SMILES string of the molecule is CCCC1=CC=CC(CCC)(c2nc3[nH]c(=O)[nH]c(=O)c3[nH]2)C1. The number of fused-ring (bicyclic) bond motifs is 1. The molecule has 1 unspecified atom stereocenters. The first-order chi connectivity index (χ1) is 11.1.